The lowest BCUT2D eigenvalue weighted by Crippen LogP contribution is -1.79. The summed E-state index contributed by atoms with van der Waals surface area (Å²) in [6.45, 7) is 0.189. The fourth-order valence-corrected chi connectivity index (χ4v) is 1.34. The Morgan fingerprint density at radius 3 is 3.29 bits per heavy atom. The second-order valence-corrected chi connectivity index (χ2v) is 3.09. The van der Waals surface area contributed by atoms with Gasteiger partial charge in [-0.05, 0) is 24.1 Å². The maximum atomic E-state index is 8.61. The van der Waals surface area contributed by atoms with Gasteiger partial charge >= 0.3 is 0 Å². The minimum absolute atomic E-state index is 0.189. The van der Waals surface area contributed by atoms with Crippen LogP contribution < -0.4 is 0 Å². The molecule has 2 aromatic heterocycles. The Balaban J connectivity index is 2.25. The molecule has 0 saturated heterocycles. The molecule has 0 bridgehead atoms. The lowest BCUT2D eigenvalue weighted by molar-refractivity contribution is 0.303. The molecular weight excluding hydrogens is 176 g/mol. The third-order valence-electron chi connectivity index (χ3n) is 2.03. The number of pyridine rings is 1. The quantitative estimate of drug-likeness (QED) is 0.773. The van der Waals surface area contributed by atoms with Crippen LogP contribution in [0.15, 0.2) is 30.6 Å². The average molecular weight is 188 g/mol. The van der Waals surface area contributed by atoms with Crippen molar-refractivity contribution in [2.75, 3.05) is 6.61 Å². The van der Waals surface area contributed by atoms with Gasteiger partial charge in [0.2, 0.25) is 0 Å². The summed E-state index contributed by atoms with van der Waals surface area (Å²) in [6.07, 6.45) is 8.28. The van der Waals surface area contributed by atoms with E-state index in [0.29, 0.717) is 6.42 Å². The van der Waals surface area contributed by atoms with Crippen molar-refractivity contribution in [3.63, 3.8) is 0 Å². The Hall–Kier alpha value is -1.61. The summed E-state index contributed by atoms with van der Waals surface area (Å²) in [5.41, 5.74) is 3.06. The summed E-state index contributed by atoms with van der Waals surface area (Å²) in [6, 6.07) is 3.98. The van der Waals surface area contributed by atoms with Crippen LogP contribution in [0.3, 0.4) is 0 Å². The fourth-order valence-electron chi connectivity index (χ4n) is 1.34. The predicted molar refractivity (Wildman–Crippen MR) is 56.8 cm³/mol. The van der Waals surface area contributed by atoms with Crippen LogP contribution in [0.2, 0.25) is 0 Å². The molecule has 0 radical (unpaired) electrons. The van der Waals surface area contributed by atoms with Gasteiger partial charge in [0.15, 0.2) is 0 Å². The first-order valence-electron chi connectivity index (χ1n) is 4.60. The molecular formula is C11H12N2O. The first kappa shape index (κ1) is 8.97. The van der Waals surface area contributed by atoms with Gasteiger partial charge in [-0.3, -0.25) is 4.98 Å². The van der Waals surface area contributed by atoms with Gasteiger partial charge in [0.25, 0.3) is 0 Å². The van der Waals surface area contributed by atoms with Gasteiger partial charge in [-0.2, -0.15) is 0 Å². The molecule has 2 rings (SSSR count). The standard InChI is InChI=1S/C11H12N2O/c14-6-2-1-3-9-7-11-10(13-8-9)4-5-12-11/h1,3-5,7-8,12,14H,2,6H2. The molecule has 0 aliphatic rings. The van der Waals surface area contributed by atoms with E-state index >= 15 is 0 Å². The third-order valence-corrected chi connectivity index (χ3v) is 2.03. The molecule has 0 fully saturated rings. The van der Waals surface area contributed by atoms with Crippen molar-refractivity contribution in [1.29, 1.82) is 0 Å². The van der Waals surface area contributed by atoms with Crippen LogP contribution in [-0.2, 0) is 0 Å². The summed E-state index contributed by atoms with van der Waals surface area (Å²) in [5.74, 6) is 0. The summed E-state index contributed by atoms with van der Waals surface area (Å²) < 4.78 is 0. The van der Waals surface area contributed by atoms with Crippen LogP contribution in [-0.4, -0.2) is 21.7 Å². The number of fused-ring (bicyclic) bond motifs is 1. The molecule has 0 spiro atoms. The molecule has 3 heteroatoms. The summed E-state index contributed by atoms with van der Waals surface area (Å²) in [4.78, 5) is 7.38. The maximum Gasteiger partial charge on any atom is 0.0879 e. The highest BCUT2D eigenvalue weighted by atomic mass is 16.2. The van der Waals surface area contributed by atoms with Crippen LogP contribution in [0, 0.1) is 0 Å². The van der Waals surface area contributed by atoms with Crippen LogP contribution >= 0.6 is 0 Å². The summed E-state index contributed by atoms with van der Waals surface area (Å²) in [7, 11) is 0. The molecule has 0 amide bonds. The van der Waals surface area contributed by atoms with Gasteiger partial charge in [0.05, 0.1) is 11.0 Å². The van der Waals surface area contributed by atoms with E-state index in [1.165, 1.54) is 0 Å². The number of aliphatic hydroxyl groups is 1. The molecule has 0 unspecified atom stereocenters. The fraction of sp³-hybridized carbons (Fsp3) is 0.182. The molecule has 72 valence electrons. The van der Waals surface area contributed by atoms with Crippen molar-refractivity contribution in [2.24, 2.45) is 0 Å². The van der Waals surface area contributed by atoms with Crippen molar-refractivity contribution < 1.29 is 5.11 Å². The minimum atomic E-state index is 0.189. The van der Waals surface area contributed by atoms with Crippen LogP contribution in [0.25, 0.3) is 17.1 Å². The molecule has 14 heavy (non-hydrogen) atoms. The Kier molecular flexibility index (Phi) is 2.60. The number of hydrogen-bond acceptors (Lipinski definition) is 2. The minimum Gasteiger partial charge on any atom is -0.396 e. The second kappa shape index (κ2) is 4.07. The zero-order valence-electron chi connectivity index (χ0n) is 7.77. The molecule has 0 atom stereocenters. The lowest BCUT2D eigenvalue weighted by atomic mass is 10.2. The van der Waals surface area contributed by atoms with Gasteiger partial charge in [-0.25, -0.2) is 0 Å². The van der Waals surface area contributed by atoms with E-state index in [1.54, 1.807) is 0 Å². The predicted octanol–water partition coefficient (Wildman–Crippen LogP) is 1.96. The number of aromatic nitrogens is 2. The normalized spacial score (nSPS) is 11.5. The number of rotatable bonds is 3. The molecule has 0 aliphatic carbocycles. The highest BCUT2D eigenvalue weighted by Crippen LogP contribution is 2.11. The van der Waals surface area contributed by atoms with Crippen LogP contribution in [0.1, 0.15) is 12.0 Å². The molecule has 0 saturated carbocycles. The first-order valence-corrected chi connectivity index (χ1v) is 4.60. The van der Waals surface area contributed by atoms with E-state index < -0.39 is 0 Å². The SMILES string of the molecule is OCCC=Cc1cnc2cc[nH]c2c1. The highest BCUT2D eigenvalue weighted by Gasteiger charge is 1.94. The molecule has 2 aromatic rings. The third kappa shape index (κ3) is 1.83. The van der Waals surface area contributed by atoms with Crippen molar-refractivity contribution in [2.45, 2.75) is 6.42 Å². The largest absolute Gasteiger partial charge is 0.396 e. The zero-order valence-corrected chi connectivity index (χ0v) is 7.77. The topological polar surface area (TPSA) is 48.9 Å². The zero-order chi connectivity index (χ0) is 9.80. The average Bonchev–Trinajstić information content (AvgIpc) is 2.65. The summed E-state index contributed by atoms with van der Waals surface area (Å²) in [5, 5.41) is 8.61. The number of hydrogen-bond donors (Lipinski definition) is 2. The highest BCUT2D eigenvalue weighted by molar-refractivity contribution is 5.77. The van der Waals surface area contributed by atoms with Crippen LogP contribution in [0.4, 0.5) is 0 Å². The van der Waals surface area contributed by atoms with E-state index in [4.69, 9.17) is 5.11 Å². The van der Waals surface area contributed by atoms with E-state index in [2.05, 4.69) is 9.97 Å². The van der Waals surface area contributed by atoms with E-state index in [9.17, 15) is 0 Å². The monoisotopic (exact) mass is 188 g/mol. The lowest BCUT2D eigenvalue weighted by Gasteiger charge is -1.93. The van der Waals surface area contributed by atoms with Gasteiger partial charge < -0.3 is 10.1 Å². The van der Waals surface area contributed by atoms with E-state index in [1.807, 2.05) is 36.7 Å². The molecule has 0 aromatic carbocycles. The van der Waals surface area contributed by atoms with Gasteiger partial charge in [0.1, 0.15) is 0 Å². The van der Waals surface area contributed by atoms with Crippen molar-refractivity contribution >= 4 is 17.1 Å². The smallest absolute Gasteiger partial charge is 0.0879 e. The Bertz CT molecular complexity index is 445. The van der Waals surface area contributed by atoms with E-state index in [0.717, 1.165) is 16.6 Å². The molecule has 0 aliphatic heterocycles. The van der Waals surface area contributed by atoms with Gasteiger partial charge in [0, 0.05) is 19.0 Å². The Morgan fingerprint density at radius 1 is 1.50 bits per heavy atom. The number of aliphatic hydroxyl groups excluding tert-OH is 1. The summed E-state index contributed by atoms with van der Waals surface area (Å²) >= 11 is 0. The molecule has 2 heterocycles. The van der Waals surface area contributed by atoms with Crippen molar-refractivity contribution in [3.8, 4) is 0 Å². The van der Waals surface area contributed by atoms with Crippen LogP contribution in [0.5, 0.6) is 0 Å². The van der Waals surface area contributed by atoms with Gasteiger partial charge in [-0.1, -0.05) is 12.2 Å². The Labute approximate surface area is 82.1 Å². The number of H-pyrrole nitrogens is 1. The van der Waals surface area contributed by atoms with Crippen molar-refractivity contribution in [1.82, 2.24) is 9.97 Å². The maximum absolute atomic E-state index is 8.61. The molecule has 3 nitrogen and oxygen atoms in total. The van der Waals surface area contributed by atoms with Gasteiger partial charge in [-0.15, -0.1) is 0 Å². The van der Waals surface area contributed by atoms with Crippen molar-refractivity contribution in [3.05, 3.63) is 36.2 Å². The second-order valence-electron chi connectivity index (χ2n) is 3.09. The first-order chi connectivity index (χ1) is 6.90. The molecule has 2 N–H and O–H groups in total. The van der Waals surface area contributed by atoms with E-state index in [-0.39, 0.29) is 6.61 Å². The number of nitrogens with one attached hydrogen (secondary N) is 1. The number of aromatic amines is 1. The Morgan fingerprint density at radius 2 is 2.43 bits per heavy atom. The number of nitrogens with zero attached hydrogens (tertiary/aromatic N) is 1.